The molecular formula is C14H17Cl2NO3S. The fourth-order valence-corrected chi connectivity index (χ4v) is 4.72. The topological polar surface area (TPSA) is 54.5 Å². The Hall–Kier alpha value is -0.780. The molecule has 2 rings (SSSR count). The van der Waals surface area contributed by atoms with Gasteiger partial charge >= 0.3 is 0 Å². The molecule has 0 saturated heterocycles. The van der Waals surface area contributed by atoms with E-state index in [-0.39, 0.29) is 17.0 Å². The minimum Gasteiger partial charge on any atom is -0.337 e. The summed E-state index contributed by atoms with van der Waals surface area (Å²) in [6, 6.07) is 4.54. The van der Waals surface area contributed by atoms with Crippen molar-refractivity contribution in [2.45, 2.75) is 30.6 Å². The average Bonchev–Trinajstić information content (AvgIpc) is 2.89. The van der Waals surface area contributed by atoms with Crippen LogP contribution in [0.1, 0.15) is 29.6 Å². The normalized spacial score (nSPS) is 22.3. The third-order valence-corrected chi connectivity index (χ3v) is 6.44. The Bertz CT molecular complexity index is 660. The zero-order chi connectivity index (χ0) is 15.8. The van der Waals surface area contributed by atoms with Crippen LogP contribution in [0.2, 0.25) is 10.0 Å². The van der Waals surface area contributed by atoms with E-state index in [0.717, 1.165) is 6.42 Å². The summed E-state index contributed by atoms with van der Waals surface area (Å²) >= 11 is 12.0. The Labute approximate surface area is 134 Å². The number of benzene rings is 1. The van der Waals surface area contributed by atoms with Gasteiger partial charge in [-0.3, -0.25) is 4.79 Å². The second kappa shape index (κ2) is 6.15. The smallest absolute Gasteiger partial charge is 0.255 e. The van der Waals surface area contributed by atoms with Crippen molar-refractivity contribution in [1.29, 1.82) is 0 Å². The predicted octanol–water partition coefficient (Wildman–Crippen LogP) is 3.03. The van der Waals surface area contributed by atoms with E-state index in [0.29, 0.717) is 23.4 Å². The Morgan fingerprint density at radius 2 is 1.95 bits per heavy atom. The number of rotatable bonds is 3. The predicted molar refractivity (Wildman–Crippen MR) is 84.8 cm³/mol. The van der Waals surface area contributed by atoms with E-state index >= 15 is 0 Å². The summed E-state index contributed by atoms with van der Waals surface area (Å²) in [5.41, 5.74) is 0.297. The van der Waals surface area contributed by atoms with Crippen molar-refractivity contribution in [1.82, 2.24) is 4.90 Å². The van der Waals surface area contributed by atoms with Gasteiger partial charge in [-0.15, -0.1) is 0 Å². The fraction of sp³-hybridized carbons (Fsp3) is 0.500. The van der Waals surface area contributed by atoms with Gasteiger partial charge in [0.05, 0.1) is 20.9 Å². The number of amides is 1. The van der Waals surface area contributed by atoms with Gasteiger partial charge in [-0.1, -0.05) is 29.3 Å². The molecule has 1 aromatic rings. The Morgan fingerprint density at radius 1 is 1.29 bits per heavy atom. The molecule has 0 radical (unpaired) electrons. The summed E-state index contributed by atoms with van der Waals surface area (Å²) in [5, 5.41) is -0.00340. The lowest BCUT2D eigenvalue weighted by Crippen LogP contribution is -2.44. The molecule has 1 aromatic carbocycles. The van der Waals surface area contributed by atoms with Gasteiger partial charge in [-0.05, 0) is 31.4 Å². The molecule has 7 heteroatoms. The van der Waals surface area contributed by atoms with E-state index in [4.69, 9.17) is 23.2 Å². The number of hydrogen-bond acceptors (Lipinski definition) is 3. The van der Waals surface area contributed by atoms with Crippen LogP contribution in [0.3, 0.4) is 0 Å². The fourth-order valence-electron chi connectivity index (χ4n) is 2.86. The van der Waals surface area contributed by atoms with Gasteiger partial charge in [-0.2, -0.15) is 0 Å². The molecule has 0 bridgehead atoms. The first-order chi connectivity index (χ1) is 9.73. The number of carbonyl (C=O) groups excluding carboxylic acids is 1. The van der Waals surface area contributed by atoms with Crippen molar-refractivity contribution in [3.05, 3.63) is 33.8 Å². The number of halogens is 2. The van der Waals surface area contributed by atoms with Crippen LogP contribution in [0.4, 0.5) is 0 Å². The molecule has 0 N–H and O–H groups in total. The van der Waals surface area contributed by atoms with Crippen LogP contribution in [0.25, 0.3) is 0 Å². The van der Waals surface area contributed by atoms with Crippen LogP contribution in [0, 0.1) is 0 Å². The van der Waals surface area contributed by atoms with Crippen LogP contribution >= 0.6 is 23.2 Å². The number of hydrogen-bond donors (Lipinski definition) is 0. The van der Waals surface area contributed by atoms with Gasteiger partial charge in [0, 0.05) is 19.3 Å². The standard InChI is InChI=1S/C14H17Cl2NO3S/c1-17(11-7-4-8-12(11)21(2,19)20)14(18)9-5-3-6-10(15)13(9)16/h3,5-6,11-12H,4,7-8H2,1-2H3/t11-,12-/m0/s1. The second-order valence-corrected chi connectivity index (χ2v) is 8.43. The van der Waals surface area contributed by atoms with Gasteiger partial charge in [-0.25, -0.2) is 8.42 Å². The lowest BCUT2D eigenvalue weighted by Gasteiger charge is -2.29. The van der Waals surface area contributed by atoms with Crippen LogP contribution in [0.15, 0.2) is 18.2 Å². The minimum atomic E-state index is -3.18. The van der Waals surface area contributed by atoms with Crippen LogP contribution in [-0.2, 0) is 9.84 Å². The van der Waals surface area contributed by atoms with Crippen LogP contribution in [0.5, 0.6) is 0 Å². The zero-order valence-electron chi connectivity index (χ0n) is 11.8. The van der Waals surface area contributed by atoms with Crippen molar-refractivity contribution >= 4 is 38.9 Å². The second-order valence-electron chi connectivity index (χ2n) is 5.38. The molecule has 1 saturated carbocycles. The molecular weight excluding hydrogens is 333 g/mol. The van der Waals surface area contributed by atoms with Crippen molar-refractivity contribution in [3.63, 3.8) is 0 Å². The van der Waals surface area contributed by atoms with E-state index in [1.165, 1.54) is 11.2 Å². The SMILES string of the molecule is CN(C(=O)c1cccc(Cl)c1Cl)[C@H]1CCC[C@@H]1S(C)(=O)=O. The zero-order valence-corrected chi connectivity index (χ0v) is 14.2. The largest absolute Gasteiger partial charge is 0.337 e. The maximum atomic E-state index is 12.6. The third-order valence-electron chi connectivity index (χ3n) is 3.97. The highest BCUT2D eigenvalue weighted by Gasteiger charge is 2.39. The number of sulfone groups is 1. The summed E-state index contributed by atoms with van der Waals surface area (Å²) in [4.78, 5) is 14.0. The van der Waals surface area contributed by atoms with Gasteiger partial charge in [0.1, 0.15) is 0 Å². The molecule has 0 unspecified atom stereocenters. The van der Waals surface area contributed by atoms with Gasteiger partial charge in [0.15, 0.2) is 9.84 Å². The highest BCUT2D eigenvalue weighted by atomic mass is 35.5. The van der Waals surface area contributed by atoms with Gasteiger partial charge in [0.25, 0.3) is 5.91 Å². The summed E-state index contributed by atoms with van der Waals surface area (Å²) in [6.45, 7) is 0. The van der Waals surface area contributed by atoms with Crippen molar-refractivity contribution in [2.75, 3.05) is 13.3 Å². The molecule has 1 aliphatic rings. The molecule has 0 spiro atoms. The lowest BCUT2D eigenvalue weighted by molar-refractivity contribution is 0.0737. The Kier molecular flexibility index (Phi) is 4.85. The monoisotopic (exact) mass is 349 g/mol. The Balaban J connectivity index is 2.29. The molecule has 0 heterocycles. The molecule has 1 aliphatic carbocycles. The van der Waals surface area contributed by atoms with E-state index in [1.807, 2.05) is 0 Å². The first-order valence-electron chi connectivity index (χ1n) is 6.63. The average molecular weight is 350 g/mol. The van der Waals surface area contributed by atoms with Crippen LogP contribution < -0.4 is 0 Å². The molecule has 1 fully saturated rings. The van der Waals surface area contributed by atoms with Crippen molar-refractivity contribution in [2.24, 2.45) is 0 Å². The summed E-state index contributed by atoms with van der Waals surface area (Å²) < 4.78 is 23.7. The highest BCUT2D eigenvalue weighted by Crippen LogP contribution is 2.31. The van der Waals surface area contributed by atoms with E-state index in [9.17, 15) is 13.2 Å². The number of nitrogens with zero attached hydrogens (tertiary/aromatic N) is 1. The van der Waals surface area contributed by atoms with E-state index in [1.54, 1.807) is 25.2 Å². The van der Waals surface area contributed by atoms with Crippen molar-refractivity contribution < 1.29 is 13.2 Å². The summed E-state index contributed by atoms with van der Waals surface area (Å²) in [5.74, 6) is -0.303. The van der Waals surface area contributed by atoms with Gasteiger partial charge in [0.2, 0.25) is 0 Å². The molecule has 0 aliphatic heterocycles. The third kappa shape index (κ3) is 3.35. The van der Waals surface area contributed by atoms with E-state index < -0.39 is 15.1 Å². The highest BCUT2D eigenvalue weighted by molar-refractivity contribution is 7.91. The first kappa shape index (κ1) is 16.6. The summed E-state index contributed by atoms with van der Waals surface area (Å²) in [6.07, 6.45) is 3.28. The maximum Gasteiger partial charge on any atom is 0.255 e. The number of carbonyl (C=O) groups is 1. The molecule has 21 heavy (non-hydrogen) atoms. The van der Waals surface area contributed by atoms with Crippen molar-refractivity contribution in [3.8, 4) is 0 Å². The van der Waals surface area contributed by atoms with Gasteiger partial charge < -0.3 is 4.90 Å². The lowest BCUT2D eigenvalue weighted by atomic mass is 10.1. The van der Waals surface area contributed by atoms with Crippen LogP contribution in [-0.4, -0.2) is 43.8 Å². The molecule has 0 aromatic heterocycles. The first-order valence-corrected chi connectivity index (χ1v) is 9.34. The molecule has 116 valence electrons. The quantitative estimate of drug-likeness (QED) is 0.842. The molecule has 4 nitrogen and oxygen atoms in total. The van der Waals surface area contributed by atoms with E-state index in [2.05, 4.69) is 0 Å². The molecule has 1 amide bonds. The Morgan fingerprint density at radius 3 is 2.57 bits per heavy atom. The summed E-state index contributed by atoms with van der Waals surface area (Å²) in [7, 11) is -1.56. The molecule has 2 atom stereocenters. The minimum absolute atomic E-state index is 0.199. The maximum absolute atomic E-state index is 12.6.